The zero-order chi connectivity index (χ0) is 7.98. The van der Waals surface area contributed by atoms with Crippen molar-refractivity contribution in [3.63, 3.8) is 0 Å². The van der Waals surface area contributed by atoms with E-state index in [1.54, 1.807) is 6.92 Å². The van der Waals surface area contributed by atoms with Crippen LogP contribution in [0.5, 0.6) is 0 Å². The molecule has 0 aliphatic rings. The van der Waals surface area contributed by atoms with Gasteiger partial charge in [0.15, 0.2) is 0 Å². The van der Waals surface area contributed by atoms with Crippen LogP contribution >= 0.6 is 0 Å². The summed E-state index contributed by atoms with van der Waals surface area (Å²) >= 11 is 0. The second-order valence-corrected chi connectivity index (χ2v) is 1.87. The van der Waals surface area contributed by atoms with Crippen molar-refractivity contribution in [2.24, 2.45) is 0 Å². The van der Waals surface area contributed by atoms with Gasteiger partial charge >= 0.3 is 0 Å². The largest absolute Gasteiger partial charge is 0.396 e. The molecule has 5 nitrogen and oxygen atoms in total. The normalized spacial score (nSPS) is 12.6. The third kappa shape index (κ3) is 4.08. The Bertz CT molecular complexity index is 106. The van der Waals surface area contributed by atoms with Crippen molar-refractivity contribution in [3.05, 3.63) is 10.1 Å². The SMILES string of the molecule is CCC(CCO)O[N+](=O)[O-]. The Morgan fingerprint density at radius 1 is 1.80 bits per heavy atom. The van der Waals surface area contributed by atoms with Crippen molar-refractivity contribution in [1.82, 2.24) is 0 Å². The second kappa shape index (κ2) is 4.99. The van der Waals surface area contributed by atoms with Gasteiger partial charge < -0.3 is 9.94 Å². The predicted octanol–water partition coefficient (Wildman–Crippen LogP) is 0.356. The maximum Gasteiger partial charge on any atom is 0.294 e. The van der Waals surface area contributed by atoms with Gasteiger partial charge in [0.1, 0.15) is 6.10 Å². The molecule has 0 aromatic carbocycles. The molecule has 0 aliphatic carbocycles. The van der Waals surface area contributed by atoms with E-state index in [1.165, 1.54) is 0 Å². The van der Waals surface area contributed by atoms with Crippen molar-refractivity contribution in [1.29, 1.82) is 0 Å². The van der Waals surface area contributed by atoms with Gasteiger partial charge in [-0.05, 0) is 12.8 Å². The molecule has 0 bridgehead atoms. The fourth-order valence-electron chi connectivity index (χ4n) is 0.597. The Morgan fingerprint density at radius 3 is 2.70 bits per heavy atom. The summed E-state index contributed by atoms with van der Waals surface area (Å²) < 4.78 is 0. The number of nitrogens with zero attached hydrogens (tertiary/aromatic N) is 1. The van der Waals surface area contributed by atoms with Gasteiger partial charge in [0.05, 0.1) is 0 Å². The quantitative estimate of drug-likeness (QED) is 0.452. The third-order valence-corrected chi connectivity index (χ3v) is 1.14. The molecule has 0 heterocycles. The first-order valence-corrected chi connectivity index (χ1v) is 3.12. The molecule has 1 unspecified atom stereocenters. The molecule has 0 rings (SSSR count). The van der Waals surface area contributed by atoms with Crippen LogP contribution in [0.2, 0.25) is 0 Å². The smallest absolute Gasteiger partial charge is 0.294 e. The first kappa shape index (κ1) is 9.16. The molecule has 0 aliphatic heterocycles. The molecular formula is C5H11NO4. The maximum absolute atomic E-state index is 9.75. The van der Waals surface area contributed by atoms with Crippen LogP contribution in [0.3, 0.4) is 0 Å². The van der Waals surface area contributed by atoms with Gasteiger partial charge in [-0.1, -0.05) is 6.92 Å². The van der Waals surface area contributed by atoms with Gasteiger partial charge in [-0.3, -0.25) is 0 Å². The molecule has 0 aromatic heterocycles. The zero-order valence-corrected chi connectivity index (χ0v) is 5.82. The molecule has 0 fully saturated rings. The first-order valence-electron chi connectivity index (χ1n) is 3.12. The van der Waals surface area contributed by atoms with Gasteiger partial charge in [0, 0.05) is 6.61 Å². The average molecular weight is 149 g/mol. The van der Waals surface area contributed by atoms with Crippen LogP contribution < -0.4 is 0 Å². The van der Waals surface area contributed by atoms with Crippen molar-refractivity contribution in [2.75, 3.05) is 6.61 Å². The molecule has 10 heavy (non-hydrogen) atoms. The molecule has 0 amide bonds. The minimum absolute atomic E-state index is 0.0770. The van der Waals surface area contributed by atoms with E-state index in [9.17, 15) is 10.1 Å². The summed E-state index contributed by atoms with van der Waals surface area (Å²) in [5.74, 6) is 0. The minimum Gasteiger partial charge on any atom is -0.396 e. The number of aliphatic hydroxyl groups is 1. The minimum atomic E-state index is -0.830. The van der Waals surface area contributed by atoms with Crippen LogP contribution in [-0.4, -0.2) is 22.9 Å². The van der Waals surface area contributed by atoms with E-state index in [2.05, 4.69) is 4.84 Å². The molecule has 0 saturated heterocycles. The highest BCUT2D eigenvalue weighted by Gasteiger charge is 2.08. The van der Waals surface area contributed by atoms with Gasteiger partial charge in [0.25, 0.3) is 5.09 Å². The van der Waals surface area contributed by atoms with Crippen LogP contribution in [0.15, 0.2) is 0 Å². The van der Waals surface area contributed by atoms with Crippen molar-refractivity contribution in [2.45, 2.75) is 25.9 Å². The lowest BCUT2D eigenvalue weighted by Crippen LogP contribution is -2.17. The highest BCUT2D eigenvalue weighted by atomic mass is 17.0. The topological polar surface area (TPSA) is 72.6 Å². The molecule has 1 N–H and O–H groups in total. The number of aliphatic hydroxyl groups excluding tert-OH is 1. The number of hydrogen-bond acceptors (Lipinski definition) is 4. The van der Waals surface area contributed by atoms with Crippen molar-refractivity contribution >= 4 is 0 Å². The van der Waals surface area contributed by atoms with Gasteiger partial charge in [0.2, 0.25) is 0 Å². The molecule has 60 valence electrons. The Hall–Kier alpha value is -0.840. The fraction of sp³-hybridized carbons (Fsp3) is 1.00. The zero-order valence-electron chi connectivity index (χ0n) is 5.82. The van der Waals surface area contributed by atoms with Crippen LogP contribution in [0, 0.1) is 10.1 Å². The molecular weight excluding hydrogens is 138 g/mol. The van der Waals surface area contributed by atoms with Crippen LogP contribution in [0.25, 0.3) is 0 Å². The van der Waals surface area contributed by atoms with Crippen LogP contribution in [0.4, 0.5) is 0 Å². The van der Waals surface area contributed by atoms with E-state index in [0.717, 1.165) is 0 Å². The van der Waals surface area contributed by atoms with E-state index < -0.39 is 11.2 Å². The van der Waals surface area contributed by atoms with E-state index >= 15 is 0 Å². The highest BCUT2D eigenvalue weighted by molar-refractivity contribution is 4.50. The molecule has 0 saturated carbocycles. The molecule has 0 spiro atoms. The summed E-state index contributed by atoms with van der Waals surface area (Å²) in [5.41, 5.74) is 0. The monoisotopic (exact) mass is 149 g/mol. The predicted molar refractivity (Wildman–Crippen MR) is 33.9 cm³/mol. The Balaban J connectivity index is 3.49. The lowest BCUT2D eigenvalue weighted by Gasteiger charge is -2.09. The Labute approximate surface area is 58.7 Å². The molecule has 1 atom stereocenters. The standard InChI is InChI=1S/C5H11NO4/c1-2-5(3-4-7)10-6(8)9/h5,7H,2-4H2,1H3. The Morgan fingerprint density at radius 2 is 2.40 bits per heavy atom. The summed E-state index contributed by atoms with van der Waals surface area (Å²) in [4.78, 5) is 13.9. The summed E-state index contributed by atoms with van der Waals surface area (Å²) in [6.45, 7) is 1.69. The first-order chi connectivity index (χ1) is 4.70. The summed E-state index contributed by atoms with van der Waals surface area (Å²) in [6, 6.07) is 0. The van der Waals surface area contributed by atoms with Gasteiger partial charge in [-0.2, -0.15) is 0 Å². The maximum atomic E-state index is 9.75. The lowest BCUT2D eigenvalue weighted by molar-refractivity contribution is -0.768. The number of rotatable bonds is 5. The summed E-state index contributed by atoms with van der Waals surface area (Å²) in [6.07, 6.45) is 0.402. The second-order valence-electron chi connectivity index (χ2n) is 1.87. The van der Waals surface area contributed by atoms with E-state index in [4.69, 9.17) is 5.11 Å². The van der Waals surface area contributed by atoms with Crippen LogP contribution in [-0.2, 0) is 4.84 Å². The van der Waals surface area contributed by atoms with Crippen molar-refractivity contribution < 1.29 is 15.0 Å². The average Bonchev–Trinajstić information content (AvgIpc) is 1.86. The van der Waals surface area contributed by atoms with Gasteiger partial charge in [-0.25, -0.2) is 0 Å². The molecule has 5 heteroatoms. The number of hydrogen-bond donors (Lipinski definition) is 1. The van der Waals surface area contributed by atoms with Crippen molar-refractivity contribution in [3.8, 4) is 0 Å². The van der Waals surface area contributed by atoms with E-state index in [1.807, 2.05) is 0 Å². The lowest BCUT2D eigenvalue weighted by atomic mass is 10.2. The molecule has 0 radical (unpaired) electrons. The van der Waals surface area contributed by atoms with Crippen LogP contribution in [0.1, 0.15) is 19.8 Å². The highest BCUT2D eigenvalue weighted by Crippen LogP contribution is 2.01. The van der Waals surface area contributed by atoms with E-state index in [-0.39, 0.29) is 6.61 Å². The molecule has 0 aromatic rings. The fourth-order valence-corrected chi connectivity index (χ4v) is 0.597. The summed E-state index contributed by atoms with van der Waals surface area (Å²) in [7, 11) is 0. The Kier molecular flexibility index (Phi) is 4.57. The van der Waals surface area contributed by atoms with E-state index in [0.29, 0.717) is 12.8 Å². The third-order valence-electron chi connectivity index (χ3n) is 1.14. The summed E-state index contributed by atoms with van der Waals surface area (Å²) in [5, 5.41) is 17.3. The van der Waals surface area contributed by atoms with Gasteiger partial charge in [-0.15, -0.1) is 10.1 Å².